The van der Waals surface area contributed by atoms with E-state index < -0.39 is 5.54 Å². The van der Waals surface area contributed by atoms with E-state index in [9.17, 15) is 4.79 Å². The van der Waals surface area contributed by atoms with E-state index in [1.165, 1.54) is 12.8 Å². The number of hydrogen-bond acceptors (Lipinski definition) is 2. The average molecular weight is 198 g/mol. The van der Waals surface area contributed by atoms with Crippen LogP contribution in [-0.2, 0) is 4.79 Å². The molecule has 0 aromatic rings. The largest absolute Gasteiger partial charge is 0.344 e. The molecule has 0 aliphatic heterocycles. The van der Waals surface area contributed by atoms with Crippen LogP contribution in [-0.4, -0.2) is 29.9 Å². The van der Waals surface area contributed by atoms with Gasteiger partial charge in [-0.05, 0) is 31.6 Å². The summed E-state index contributed by atoms with van der Waals surface area (Å²) in [6.07, 6.45) is 3.98. The van der Waals surface area contributed by atoms with Gasteiger partial charge in [0.2, 0.25) is 5.91 Å². The van der Waals surface area contributed by atoms with Gasteiger partial charge in [0.25, 0.3) is 0 Å². The Morgan fingerprint density at radius 1 is 1.43 bits per heavy atom. The van der Waals surface area contributed by atoms with E-state index in [1.54, 1.807) is 0 Å². The highest BCUT2D eigenvalue weighted by Gasteiger charge is 2.34. The molecule has 0 aromatic heterocycles. The van der Waals surface area contributed by atoms with Crippen molar-refractivity contribution in [2.45, 2.75) is 45.1 Å². The Morgan fingerprint density at radius 3 is 2.29 bits per heavy atom. The number of nitrogens with zero attached hydrogens (tertiary/aromatic N) is 1. The molecule has 0 saturated heterocycles. The molecule has 1 aliphatic rings. The number of rotatable bonds is 5. The van der Waals surface area contributed by atoms with Gasteiger partial charge >= 0.3 is 0 Å². The van der Waals surface area contributed by atoms with Crippen LogP contribution in [0.4, 0.5) is 0 Å². The van der Waals surface area contributed by atoms with Gasteiger partial charge in [0.15, 0.2) is 0 Å². The molecule has 0 atom stereocenters. The van der Waals surface area contributed by atoms with Crippen molar-refractivity contribution in [3.63, 3.8) is 0 Å². The van der Waals surface area contributed by atoms with Gasteiger partial charge in [-0.15, -0.1) is 0 Å². The third-order valence-electron chi connectivity index (χ3n) is 3.26. The minimum atomic E-state index is -0.635. The van der Waals surface area contributed by atoms with Crippen LogP contribution in [0, 0.1) is 5.92 Å². The summed E-state index contributed by atoms with van der Waals surface area (Å²) in [5.41, 5.74) is 5.41. The van der Waals surface area contributed by atoms with Crippen molar-refractivity contribution in [3.8, 4) is 0 Å². The summed E-state index contributed by atoms with van der Waals surface area (Å²) in [7, 11) is 1.87. The third-order valence-corrected chi connectivity index (χ3v) is 3.26. The summed E-state index contributed by atoms with van der Waals surface area (Å²) in [5.74, 6) is 0.844. The number of carbonyl (C=O) groups excluding carboxylic acids is 1. The van der Waals surface area contributed by atoms with Crippen LogP contribution < -0.4 is 5.73 Å². The van der Waals surface area contributed by atoms with Crippen LogP contribution in [0.5, 0.6) is 0 Å². The normalized spacial score (nSPS) is 16.9. The lowest BCUT2D eigenvalue weighted by atomic mass is 9.92. The van der Waals surface area contributed by atoms with Crippen molar-refractivity contribution in [2.75, 3.05) is 13.6 Å². The molecule has 14 heavy (non-hydrogen) atoms. The highest BCUT2D eigenvalue weighted by atomic mass is 16.2. The van der Waals surface area contributed by atoms with Gasteiger partial charge in [0.1, 0.15) is 0 Å². The van der Waals surface area contributed by atoms with Crippen molar-refractivity contribution in [2.24, 2.45) is 11.7 Å². The van der Waals surface area contributed by atoms with Gasteiger partial charge < -0.3 is 10.6 Å². The second-order valence-electron chi connectivity index (χ2n) is 4.49. The topological polar surface area (TPSA) is 46.3 Å². The highest BCUT2D eigenvalue weighted by molar-refractivity contribution is 5.85. The van der Waals surface area contributed by atoms with Crippen LogP contribution in [0.3, 0.4) is 0 Å². The zero-order valence-corrected chi connectivity index (χ0v) is 9.55. The maximum absolute atomic E-state index is 12.0. The summed E-state index contributed by atoms with van der Waals surface area (Å²) in [5, 5.41) is 0. The third kappa shape index (κ3) is 2.47. The maximum atomic E-state index is 12.0. The van der Waals surface area contributed by atoms with Gasteiger partial charge in [-0.25, -0.2) is 0 Å². The zero-order valence-electron chi connectivity index (χ0n) is 9.55. The van der Waals surface area contributed by atoms with E-state index in [1.807, 2.05) is 25.8 Å². The van der Waals surface area contributed by atoms with Gasteiger partial charge in [0.05, 0.1) is 5.54 Å². The molecule has 0 radical (unpaired) electrons. The van der Waals surface area contributed by atoms with E-state index in [4.69, 9.17) is 5.73 Å². The van der Waals surface area contributed by atoms with Gasteiger partial charge in [-0.3, -0.25) is 4.79 Å². The van der Waals surface area contributed by atoms with Crippen LogP contribution in [0.15, 0.2) is 0 Å². The molecule has 0 aromatic carbocycles. The summed E-state index contributed by atoms with van der Waals surface area (Å²) in [6.45, 7) is 4.84. The van der Waals surface area contributed by atoms with Crippen molar-refractivity contribution in [3.05, 3.63) is 0 Å². The van der Waals surface area contributed by atoms with Crippen LogP contribution in [0.2, 0.25) is 0 Å². The SMILES string of the molecule is CCC(N)(CC)C(=O)N(C)CC1CC1. The molecule has 82 valence electrons. The molecule has 1 amide bonds. The summed E-state index contributed by atoms with van der Waals surface area (Å²) in [6, 6.07) is 0. The quantitative estimate of drug-likeness (QED) is 0.725. The van der Waals surface area contributed by atoms with E-state index in [-0.39, 0.29) is 5.91 Å². The Morgan fingerprint density at radius 2 is 1.93 bits per heavy atom. The Labute approximate surface area is 86.6 Å². The molecule has 1 fully saturated rings. The first kappa shape index (κ1) is 11.5. The van der Waals surface area contributed by atoms with Crippen LogP contribution in [0.1, 0.15) is 39.5 Å². The first-order chi connectivity index (χ1) is 6.53. The lowest BCUT2D eigenvalue weighted by Gasteiger charge is -2.30. The second kappa shape index (κ2) is 4.30. The predicted molar refractivity (Wildman–Crippen MR) is 57.9 cm³/mol. The Balaban J connectivity index is 2.51. The average Bonchev–Trinajstić information content (AvgIpc) is 2.99. The van der Waals surface area contributed by atoms with Crippen molar-refractivity contribution in [1.82, 2.24) is 4.90 Å². The highest BCUT2D eigenvalue weighted by Crippen LogP contribution is 2.30. The molecule has 3 heteroatoms. The number of amides is 1. The number of hydrogen-bond donors (Lipinski definition) is 1. The Kier molecular flexibility index (Phi) is 3.53. The molecular formula is C11H22N2O. The molecule has 0 heterocycles. The lowest BCUT2D eigenvalue weighted by Crippen LogP contribution is -2.53. The van der Waals surface area contributed by atoms with Crippen LogP contribution >= 0.6 is 0 Å². The smallest absolute Gasteiger partial charge is 0.242 e. The second-order valence-corrected chi connectivity index (χ2v) is 4.49. The van der Waals surface area contributed by atoms with Gasteiger partial charge in [-0.2, -0.15) is 0 Å². The fraction of sp³-hybridized carbons (Fsp3) is 0.909. The maximum Gasteiger partial charge on any atom is 0.242 e. The van der Waals surface area contributed by atoms with E-state index in [0.717, 1.165) is 25.3 Å². The van der Waals surface area contributed by atoms with Gasteiger partial charge in [0, 0.05) is 13.6 Å². The first-order valence-electron chi connectivity index (χ1n) is 5.58. The standard InChI is InChI=1S/C11H22N2O/c1-4-11(12,5-2)10(14)13(3)8-9-6-7-9/h9H,4-8,12H2,1-3H3. The molecule has 1 aliphatic carbocycles. The fourth-order valence-corrected chi connectivity index (χ4v) is 1.70. The first-order valence-corrected chi connectivity index (χ1v) is 5.58. The number of nitrogens with two attached hydrogens (primary N) is 1. The van der Waals surface area contributed by atoms with E-state index >= 15 is 0 Å². The Hall–Kier alpha value is -0.570. The molecule has 2 N–H and O–H groups in total. The molecular weight excluding hydrogens is 176 g/mol. The Bertz CT molecular complexity index is 207. The van der Waals surface area contributed by atoms with Crippen molar-refractivity contribution >= 4 is 5.91 Å². The monoisotopic (exact) mass is 198 g/mol. The zero-order chi connectivity index (χ0) is 10.8. The van der Waals surface area contributed by atoms with Crippen LogP contribution in [0.25, 0.3) is 0 Å². The molecule has 3 nitrogen and oxygen atoms in total. The molecule has 0 bridgehead atoms. The minimum absolute atomic E-state index is 0.106. The summed E-state index contributed by atoms with van der Waals surface area (Å²) in [4.78, 5) is 13.8. The summed E-state index contributed by atoms with van der Waals surface area (Å²) >= 11 is 0. The van der Waals surface area contributed by atoms with Crippen molar-refractivity contribution < 1.29 is 4.79 Å². The predicted octanol–water partition coefficient (Wildman–Crippen LogP) is 1.37. The molecule has 1 rings (SSSR count). The number of likely N-dealkylation sites (N-methyl/N-ethyl adjacent to an activating group) is 1. The van der Waals surface area contributed by atoms with E-state index in [0.29, 0.717) is 0 Å². The number of carbonyl (C=O) groups is 1. The minimum Gasteiger partial charge on any atom is -0.344 e. The lowest BCUT2D eigenvalue weighted by molar-refractivity contribution is -0.136. The molecule has 1 saturated carbocycles. The van der Waals surface area contributed by atoms with Crippen molar-refractivity contribution in [1.29, 1.82) is 0 Å². The van der Waals surface area contributed by atoms with Gasteiger partial charge in [-0.1, -0.05) is 13.8 Å². The summed E-state index contributed by atoms with van der Waals surface area (Å²) < 4.78 is 0. The molecule has 0 spiro atoms. The molecule has 0 unspecified atom stereocenters. The van der Waals surface area contributed by atoms with E-state index in [2.05, 4.69) is 0 Å². The fourth-order valence-electron chi connectivity index (χ4n) is 1.70.